The molecule has 0 spiro atoms. The van der Waals surface area contributed by atoms with Gasteiger partial charge in [0.25, 0.3) is 0 Å². The standard InChI is InChI=1S/C11H14N4O2/c12-7-5-8-10(17-11(16)14-8)15-9(7)6-1-3-13-4-2-6/h5-6,13H,1-4,12H2,(H,14,16). The van der Waals surface area contributed by atoms with Crippen LogP contribution < -0.4 is 16.8 Å². The van der Waals surface area contributed by atoms with Crippen LogP contribution in [0.15, 0.2) is 15.3 Å². The molecule has 0 radical (unpaired) electrons. The zero-order valence-electron chi connectivity index (χ0n) is 9.32. The predicted molar refractivity (Wildman–Crippen MR) is 63.9 cm³/mol. The van der Waals surface area contributed by atoms with Crippen LogP contribution in [0.3, 0.4) is 0 Å². The summed E-state index contributed by atoms with van der Waals surface area (Å²) in [5.41, 5.74) is 8.36. The highest BCUT2D eigenvalue weighted by Crippen LogP contribution is 2.29. The number of nitrogens with one attached hydrogen (secondary N) is 2. The van der Waals surface area contributed by atoms with Gasteiger partial charge in [-0.2, -0.15) is 0 Å². The summed E-state index contributed by atoms with van der Waals surface area (Å²) in [6, 6.07) is 1.73. The molecule has 0 bridgehead atoms. The smallest absolute Gasteiger partial charge is 0.397 e. The van der Waals surface area contributed by atoms with Gasteiger partial charge >= 0.3 is 5.76 Å². The van der Waals surface area contributed by atoms with Crippen LogP contribution in [0, 0.1) is 0 Å². The van der Waals surface area contributed by atoms with Gasteiger partial charge in [0.15, 0.2) is 0 Å². The largest absolute Gasteiger partial charge is 0.418 e. The molecule has 6 heteroatoms. The highest BCUT2D eigenvalue weighted by molar-refractivity contribution is 5.73. The Morgan fingerprint density at radius 3 is 2.94 bits per heavy atom. The lowest BCUT2D eigenvalue weighted by molar-refractivity contribution is 0.452. The van der Waals surface area contributed by atoms with Crippen molar-refractivity contribution in [2.75, 3.05) is 18.8 Å². The molecule has 17 heavy (non-hydrogen) atoms. The molecule has 1 aliphatic rings. The van der Waals surface area contributed by atoms with E-state index in [1.807, 2.05) is 0 Å². The van der Waals surface area contributed by atoms with Crippen LogP contribution in [-0.4, -0.2) is 23.1 Å². The average Bonchev–Trinajstić information content (AvgIpc) is 2.68. The first kappa shape index (κ1) is 10.3. The van der Waals surface area contributed by atoms with Gasteiger partial charge in [-0.3, -0.25) is 4.98 Å². The van der Waals surface area contributed by atoms with E-state index in [0.717, 1.165) is 31.6 Å². The lowest BCUT2D eigenvalue weighted by atomic mass is 9.93. The molecule has 4 N–H and O–H groups in total. The first-order chi connectivity index (χ1) is 8.24. The van der Waals surface area contributed by atoms with E-state index in [2.05, 4.69) is 15.3 Å². The van der Waals surface area contributed by atoms with Gasteiger partial charge in [-0.1, -0.05) is 0 Å². The van der Waals surface area contributed by atoms with Gasteiger partial charge in [0.1, 0.15) is 5.52 Å². The molecular formula is C11H14N4O2. The molecule has 0 aliphatic carbocycles. The van der Waals surface area contributed by atoms with Crippen LogP contribution >= 0.6 is 0 Å². The van der Waals surface area contributed by atoms with E-state index in [-0.39, 0.29) is 0 Å². The second-order valence-electron chi connectivity index (χ2n) is 4.35. The molecule has 1 aliphatic heterocycles. The summed E-state index contributed by atoms with van der Waals surface area (Å²) in [6.45, 7) is 1.95. The maximum absolute atomic E-state index is 11.1. The number of pyridine rings is 1. The number of hydrogen-bond acceptors (Lipinski definition) is 5. The fourth-order valence-electron chi connectivity index (χ4n) is 2.34. The Kier molecular flexibility index (Phi) is 2.36. The van der Waals surface area contributed by atoms with Crippen molar-refractivity contribution in [2.45, 2.75) is 18.8 Å². The molecule has 6 nitrogen and oxygen atoms in total. The van der Waals surface area contributed by atoms with E-state index in [1.165, 1.54) is 0 Å². The van der Waals surface area contributed by atoms with Crippen LogP contribution in [0.2, 0.25) is 0 Å². The number of fused-ring (bicyclic) bond motifs is 1. The minimum Gasteiger partial charge on any atom is -0.397 e. The number of nitrogen functional groups attached to an aromatic ring is 1. The molecule has 0 saturated carbocycles. The van der Waals surface area contributed by atoms with Crippen molar-refractivity contribution < 1.29 is 4.42 Å². The van der Waals surface area contributed by atoms with E-state index in [9.17, 15) is 4.79 Å². The summed E-state index contributed by atoms with van der Waals surface area (Å²) < 4.78 is 4.96. The molecule has 3 rings (SSSR count). The maximum Gasteiger partial charge on any atom is 0.418 e. The number of piperidine rings is 1. The molecule has 2 aromatic heterocycles. The maximum atomic E-state index is 11.1. The van der Waals surface area contributed by atoms with Crippen molar-refractivity contribution >= 4 is 16.9 Å². The minimum absolute atomic E-state index is 0.345. The van der Waals surface area contributed by atoms with Crippen LogP contribution in [0.5, 0.6) is 0 Å². The Labute approximate surface area is 97.2 Å². The molecular weight excluding hydrogens is 220 g/mol. The number of nitrogens with two attached hydrogens (primary N) is 1. The third-order valence-electron chi connectivity index (χ3n) is 3.20. The molecule has 1 saturated heterocycles. The summed E-state index contributed by atoms with van der Waals surface area (Å²) in [4.78, 5) is 18.0. The molecule has 0 unspecified atom stereocenters. The number of aromatic nitrogens is 2. The number of rotatable bonds is 1. The summed E-state index contributed by atoms with van der Waals surface area (Å²) >= 11 is 0. The van der Waals surface area contributed by atoms with Crippen molar-refractivity contribution in [1.82, 2.24) is 15.3 Å². The average molecular weight is 234 g/mol. The monoisotopic (exact) mass is 234 g/mol. The van der Waals surface area contributed by atoms with Crippen molar-refractivity contribution in [2.24, 2.45) is 0 Å². The van der Waals surface area contributed by atoms with Gasteiger partial charge in [0, 0.05) is 5.92 Å². The van der Waals surface area contributed by atoms with Crippen LogP contribution in [0.1, 0.15) is 24.5 Å². The lowest BCUT2D eigenvalue weighted by Gasteiger charge is -2.22. The fraction of sp³-hybridized carbons (Fsp3) is 0.455. The Morgan fingerprint density at radius 1 is 1.41 bits per heavy atom. The van der Waals surface area contributed by atoms with Gasteiger partial charge in [-0.25, -0.2) is 9.78 Å². The molecule has 90 valence electrons. The molecule has 3 heterocycles. The molecule has 1 fully saturated rings. The zero-order valence-corrected chi connectivity index (χ0v) is 9.32. The van der Waals surface area contributed by atoms with Crippen LogP contribution in [-0.2, 0) is 0 Å². The summed E-state index contributed by atoms with van der Waals surface area (Å²) in [5.74, 6) is -0.143. The van der Waals surface area contributed by atoms with Gasteiger partial charge in [-0.15, -0.1) is 0 Å². The van der Waals surface area contributed by atoms with Crippen molar-refractivity contribution in [3.63, 3.8) is 0 Å². The first-order valence-corrected chi connectivity index (χ1v) is 5.74. The van der Waals surface area contributed by atoms with E-state index in [4.69, 9.17) is 10.2 Å². The lowest BCUT2D eigenvalue weighted by Crippen LogP contribution is -2.27. The Morgan fingerprint density at radius 2 is 2.18 bits per heavy atom. The number of nitrogens with zero attached hydrogens (tertiary/aromatic N) is 1. The Balaban J connectivity index is 2.08. The van der Waals surface area contributed by atoms with Crippen LogP contribution in [0.4, 0.5) is 5.69 Å². The SMILES string of the molecule is Nc1cc2[nH]c(=O)oc2nc1C1CCNCC1. The van der Waals surface area contributed by atoms with Gasteiger partial charge in [0.05, 0.1) is 11.4 Å². The summed E-state index contributed by atoms with van der Waals surface area (Å²) in [7, 11) is 0. The topological polar surface area (TPSA) is 96.9 Å². The molecule has 2 aromatic rings. The van der Waals surface area contributed by atoms with Crippen molar-refractivity contribution in [3.8, 4) is 0 Å². The highest BCUT2D eigenvalue weighted by Gasteiger charge is 2.20. The minimum atomic E-state index is -0.491. The number of oxazole rings is 1. The third-order valence-corrected chi connectivity index (χ3v) is 3.20. The van der Waals surface area contributed by atoms with Gasteiger partial charge < -0.3 is 15.5 Å². The fourth-order valence-corrected chi connectivity index (χ4v) is 2.34. The Bertz CT molecular complexity index is 595. The second kappa shape index (κ2) is 3.89. The van der Waals surface area contributed by atoms with E-state index >= 15 is 0 Å². The number of H-pyrrole nitrogens is 1. The quantitative estimate of drug-likeness (QED) is 0.670. The van der Waals surface area contributed by atoms with Gasteiger partial charge in [0.2, 0.25) is 5.71 Å². The van der Waals surface area contributed by atoms with E-state index < -0.39 is 5.76 Å². The summed E-state index contributed by atoms with van der Waals surface area (Å²) in [6.07, 6.45) is 2.02. The van der Waals surface area contributed by atoms with Crippen molar-refractivity contribution in [1.29, 1.82) is 0 Å². The normalized spacial score (nSPS) is 17.6. The summed E-state index contributed by atoms with van der Waals surface area (Å²) in [5, 5.41) is 3.30. The van der Waals surface area contributed by atoms with E-state index in [0.29, 0.717) is 22.8 Å². The van der Waals surface area contributed by atoms with Crippen molar-refractivity contribution in [3.05, 3.63) is 22.3 Å². The number of aromatic amines is 1. The molecule has 0 amide bonds. The third kappa shape index (κ3) is 1.80. The zero-order chi connectivity index (χ0) is 11.8. The molecule has 0 atom stereocenters. The second-order valence-corrected chi connectivity index (χ2v) is 4.35. The highest BCUT2D eigenvalue weighted by atomic mass is 16.4. The van der Waals surface area contributed by atoms with E-state index in [1.54, 1.807) is 6.07 Å². The number of hydrogen-bond donors (Lipinski definition) is 3. The first-order valence-electron chi connectivity index (χ1n) is 5.74. The predicted octanol–water partition coefficient (Wildman–Crippen LogP) is 0.565. The van der Waals surface area contributed by atoms with Crippen LogP contribution in [0.25, 0.3) is 11.2 Å². The van der Waals surface area contributed by atoms with Gasteiger partial charge in [-0.05, 0) is 32.0 Å². The number of anilines is 1. The Hall–Kier alpha value is -1.82. The molecule has 0 aromatic carbocycles.